The number of hydrogen-bond acceptors (Lipinski definition) is 4. The van der Waals surface area contributed by atoms with Gasteiger partial charge in [-0.3, -0.25) is 0 Å². The number of ether oxygens (including phenoxy) is 3. The van der Waals surface area contributed by atoms with E-state index in [-0.39, 0.29) is 11.6 Å². The highest BCUT2D eigenvalue weighted by atomic mass is 16.6. The smallest absolute Gasteiger partial charge is 0.0939 e. The highest BCUT2D eigenvalue weighted by Gasteiger charge is 2.42. The molecule has 0 amide bonds. The van der Waals surface area contributed by atoms with Gasteiger partial charge in [0.1, 0.15) is 0 Å². The second-order valence-corrected chi connectivity index (χ2v) is 5.65. The minimum Gasteiger partial charge on any atom is -0.381 e. The van der Waals surface area contributed by atoms with Crippen LogP contribution in [-0.4, -0.2) is 44.7 Å². The van der Waals surface area contributed by atoms with Gasteiger partial charge in [-0.2, -0.15) is 0 Å². The molecule has 2 aliphatic heterocycles. The molecule has 2 heterocycles. The van der Waals surface area contributed by atoms with Gasteiger partial charge >= 0.3 is 0 Å². The first-order chi connectivity index (χ1) is 8.76. The van der Waals surface area contributed by atoms with Gasteiger partial charge < -0.3 is 19.9 Å². The Labute approximate surface area is 110 Å². The predicted octanol–water partition coefficient (Wildman–Crippen LogP) is 1.72. The molecule has 0 aliphatic carbocycles. The summed E-state index contributed by atoms with van der Waals surface area (Å²) >= 11 is 0. The maximum Gasteiger partial charge on any atom is 0.0939 e. The summed E-state index contributed by atoms with van der Waals surface area (Å²) in [5.74, 6) is 0.561. The summed E-state index contributed by atoms with van der Waals surface area (Å²) in [6.45, 7) is 6.18. The molecule has 4 heteroatoms. The average Bonchev–Trinajstić information content (AvgIpc) is 2.82. The van der Waals surface area contributed by atoms with Crippen molar-refractivity contribution in [2.45, 2.75) is 50.7 Å². The molecular formula is C14H27NO3. The second-order valence-electron chi connectivity index (χ2n) is 5.65. The van der Waals surface area contributed by atoms with Crippen LogP contribution in [0.5, 0.6) is 0 Å². The van der Waals surface area contributed by atoms with Gasteiger partial charge in [-0.05, 0) is 31.6 Å². The fourth-order valence-corrected chi connectivity index (χ4v) is 3.00. The van der Waals surface area contributed by atoms with Gasteiger partial charge in [0.05, 0.1) is 12.2 Å². The van der Waals surface area contributed by atoms with E-state index in [2.05, 4.69) is 6.92 Å². The molecule has 2 N–H and O–H groups in total. The first-order valence-corrected chi connectivity index (χ1v) is 7.31. The second kappa shape index (κ2) is 6.85. The number of rotatable bonds is 6. The van der Waals surface area contributed by atoms with Gasteiger partial charge in [0.15, 0.2) is 0 Å². The SMILES string of the molecule is CCCOCCC(N)C1CCOC2(CCOC2)C1. The molecule has 0 aromatic carbocycles. The molecule has 0 radical (unpaired) electrons. The van der Waals surface area contributed by atoms with Crippen molar-refractivity contribution in [3.05, 3.63) is 0 Å². The van der Waals surface area contributed by atoms with E-state index in [1.807, 2.05) is 0 Å². The van der Waals surface area contributed by atoms with Crippen molar-refractivity contribution in [2.75, 3.05) is 33.0 Å². The molecule has 3 unspecified atom stereocenters. The molecular weight excluding hydrogens is 230 g/mol. The van der Waals surface area contributed by atoms with E-state index in [0.29, 0.717) is 5.92 Å². The van der Waals surface area contributed by atoms with Crippen LogP contribution in [0.3, 0.4) is 0 Å². The molecule has 3 atom stereocenters. The minimum absolute atomic E-state index is 0.0230. The van der Waals surface area contributed by atoms with Crippen LogP contribution in [0.15, 0.2) is 0 Å². The van der Waals surface area contributed by atoms with E-state index in [1.54, 1.807) is 0 Å². The van der Waals surface area contributed by atoms with Crippen molar-refractivity contribution in [2.24, 2.45) is 11.7 Å². The first-order valence-electron chi connectivity index (χ1n) is 7.31. The van der Waals surface area contributed by atoms with Gasteiger partial charge in [-0.15, -0.1) is 0 Å². The summed E-state index contributed by atoms with van der Waals surface area (Å²) in [7, 11) is 0. The summed E-state index contributed by atoms with van der Waals surface area (Å²) < 4.78 is 17.0. The first kappa shape index (κ1) is 14.3. The van der Waals surface area contributed by atoms with Crippen molar-refractivity contribution in [3.63, 3.8) is 0 Å². The zero-order valence-electron chi connectivity index (χ0n) is 11.5. The molecule has 0 aromatic rings. The maximum absolute atomic E-state index is 6.31. The van der Waals surface area contributed by atoms with E-state index < -0.39 is 0 Å². The van der Waals surface area contributed by atoms with Crippen molar-refractivity contribution in [1.29, 1.82) is 0 Å². The lowest BCUT2D eigenvalue weighted by atomic mass is 9.80. The van der Waals surface area contributed by atoms with Crippen LogP contribution in [-0.2, 0) is 14.2 Å². The van der Waals surface area contributed by atoms with Crippen LogP contribution in [0.4, 0.5) is 0 Å². The molecule has 0 bridgehead atoms. The molecule has 18 heavy (non-hydrogen) atoms. The third kappa shape index (κ3) is 3.67. The molecule has 106 valence electrons. The fourth-order valence-electron chi connectivity index (χ4n) is 3.00. The van der Waals surface area contributed by atoms with Crippen LogP contribution in [0.2, 0.25) is 0 Å². The van der Waals surface area contributed by atoms with E-state index in [4.69, 9.17) is 19.9 Å². The lowest BCUT2D eigenvalue weighted by Gasteiger charge is -2.39. The van der Waals surface area contributed by atoms with Crippen molar-refractivity contribution in [3.8, 4) is 0 Å². The monoisotopic (exact) mass is 257 g/mol. The van der Waals surface area contributed by atoms with Crippen LogP contribution < -0.4 is 5.73 Å². The van der Waals surface area contributed by atoms with E-state index in [9.17, 15) is 0 Å². The lowest BCUT2D eigenvalue weighted by molar-refractivity contribution is -0.102. The molecule has 2 saturated heterocycles. The molecule has 2 fully saturated rings. The summed E-state index contributed by atoms with van der Waals surface area (Å²) in [5.41, 5.74) is 6.28. The Morgan fingerprint density at radius 3 is 3.00 bits per heavy atom. The quantitative estimate of drug-likeness (QED) is 0.736. The number of nitrogens with two attached hydrogens (primary N) is 1. The normalized spacial score (nSPS) is 34.0. The minimum atomic E-state index is -0.0230. The molecule has 0 saturated carbocycles. The average molecular weight is 257 g/mol. The van der Waals surface area contributed by atoms with Gasteiger partial charge in [0, 0.05) is 38.9 Å². The van der Waals surface area contributed by atoms with Crippen LogP contribution in [0.1, 0.15) is 39.0 Å². The lowest BCUT2D eigenvalue weighted by Crippen LogP contribution is -2.46. The van der Waals surface area contributed by atoms with E-state index in [0.717, 1.165) is 65.1 Å². The summed E-state index contributed by atoms with van der Waals surface area (Å²) in [4.78, 5) is 0. The Balaban J connectivity index is 1.74. The van der Waals surface area contributed by atoms with Crippen LogP contribution in [0.25, 0.3) is 0 Å². The van der Waals surface area contributed by atoms with Gasteiger partial charge in [-0.1, -0.05) is 6.92 Å². The fraction of sp³-hybridized carbons (Fsp3) is 1.00. The van der Waals surface area contributed by atoms with Gasteiger partial charge in [0.2, 0.25) is 0 Å². The number of hydrogen-bond donors (Lipinski definition) is 1. The Bertz CT molecular complexity index is 241. The highest BCUT2D eigenvalue weighted by molar-refractivity contribution is 4.92. The van der Waals surface area contributed by atoms with Gasteiger partial charge in [0.25, 0.3) is 0 Å². The van der Waals surface area contributed by atoms with Gasteiger partial charge in [-0.25, -0.2) is 0 Å². The summed E-state index contributed by atoms with van der Waals surface area (Å²) in [5, 5.41) is 0. The molecule has 1 spiro atoms. The zero-order valence-corrected chi connectivity index (χ0v) is 11.5. The maximum atomic E-state index is 6.31. The Kier molecular flexibility index (Phi) is 5.42. The van der Waals surface area contributed by atoms with Crippen LogP contribution >= 0.6 is 0 Å². The third-order valence-corrected chi connectivity index (χ3v) is 4.15. The highest BCUT2D eigenvalue weighted by Crippen LogP contribution is 2.37. The Morgan fingerprint density at radius 2 is 2.28 bits per heavy atom. The Hall–Kier alpha value is -0.160. The van der Waals surface area contributed by atoms with Crippen molar-refractivity contribution in [1.82, 2.24) is 0 Å². The standard InChI is InChI=1S/C14H27NO3/c1-2-6-16-7-4-13(15)12-3-8-18-14(10-12)5-9-17-11-14/h12-13H,2-11,15H2,1H3. The van der Waals surface area contributed by atoms with Crippen LogP contribution in [0, 0.1) is 5.92 Å². The van der Waals surface area contributed by atoms with Crippen molar-refractivity contribution < 1.29 is 14.2 Å². The summed E-state index contributed by atoms with van der Waals surface area (Å²) in [6, 6.07) is 0.239. The largest absolute Gasteiger partial charge is 0.381 e. The molecule has 0 aromatic heterocycles. The molecule has 2 aliphatic rings. The van der Waals surface area contributed by atoms with E-state index >= 15 is 0 Å². The zero-order chi connectivity index (χ0) is 12.8. The summed E-state index contributed by atoms with van der Waals surface area (Å²) in [6.07, 6.45) is 5.20. The third-order valence-electron chi connectivity index (χ3n) is 4.15. The van der Waals surface area contributed by atoms with Crippen molar-refractivity contribution >= 4 is 0 Å². The Morgan fingerprint density at radius 1 is 1.39 bits per heavy atom. The topological polar surface area (TPSA) is 53.7 Å². The van der Waals surface area contributed by atoms with E-state index in [1.165, 1.54) is 0 Å². The molecule has 2 rings (SSSR count). The molecule has 4 nitrogen and oxygen atoms in total. The predicted molar refractivity (Wildman–Crippen MR) is 70.5 cm³/mol.